The van der Waals surface area contributed by atoms with E-state index in [1.807, 2.05) is 31.2 Å². The summed E-state index contributed by atoms with van der Waals surface area (Å²) in [4.78, 5) is 0. The van der Waals surface area contributed by atoms with Gasteiger partial charge in [0.1, 0.15) is 0 Å². The van der Waals surface area contributed by atoms with E-state index in [4.69, 9.17) is 11.6 Å². The molecule has 0 aliphatic rings. The second-order valence-electron chi connectivity index (χ2n) is 4.89. The first-order chi connectivity index (χ1) is 9.77. The molecule has 0 aliphatic carbocycles. The van der Waals surface area contributed by atoms with Crippen molar-refractivity contribution in [3.63, 3.8) is 0 Å². The van der Waals surface area contributed by atoms with Gasteiger partial charge in [-0.3, -0.25) is 0 Å². The first-order valence-corrected chi connectivity index (χ1v) is 7.56. The number of rotatable bonds is 3. The summed E-state index contributed by atoms with van der Waals surface area (Å²) in [5.41, 5.74) is 1.40. The van der Waals surface area contributed by atoms with Crippen LogP contribution >= 0.6 is 27.5 Å². The topological polar surface area (TPSA) is 0 Å². The van der Waals surface area contributed by atoms with Gasteiger partial charge in [0.05, 0.1) is 10.9 Å². The third-order valence-corrected chi connectivity index (χ3v) is 4.04. The Labute approximate surface area is 135 Å². The molecule has 0 aromatic heterocycles. The van der Waals surface area contributed by atoms with E-state index in [-0.39, 0.29) is 5.56 Å². The molecule has 5 heteroatoms. The number of aryl methyl sites for hydroxylation is 1. The summed E-state index contributed by atoms with van der Waals surface area (Å²) in [7, 11) is 0. The van der Waals surface area contributed by atoms with Gasteiger partial charge in [0.15, 0.2) is 0 Å². The maximum absolute atomic E-state index is 13.1. The zero-order chi connectivity index (χ0) is 15.6. The number of hydrogen-bond donors (Lipinski definition) is 0. The summed E-state index contributed by atoms with van der Waals surface area (Å²) in [5.74, 6) is 0. The lowest BCUT2D eigenvalue weighted by molar-refractivity contribution is -0.138. The van der Waals surface area contributed by atoms with Gasteiger partial charge in [0.2, 0.25) is 0 Å². The molecule has 0 nitrogen and oxygen atoms in total. The van der Waals surface area contributed by atoms with Crippen molar-refractivity contribution >= 4 is 27.5 Å². The monoisotopic (exact) mass is 376 g/mol. The summed E-state index contributed by atoms with van der Waals surface area (Å²) < 4.78 is 39.7. The molecule has 1 atom stereocenters. The van der Waals surface area contributed by atoms with E-state index in [1.54, 1.807) is 6.07 Å². The fourth-order valence-corrected chi connectivity index (χ4v) is 2.93. The standard InChI is InChI=1S/C16H13BrClF3/c1-10-3-2-4-11(7-10)8-15(18)13-6-5-12(17)9-14(13)16(19,20)21/h2-7,9,15H,8H2,1H3. The Balaban J connectivity index is 2.33. The predicted octanol–water partition coefficient (Wildman–Crippen LogP) is 6.30. The molecule has 0 amide bonds. The fraction of sp³-hybridized carbons (Fsp3) is 0.250. The van der Waals surface area contributed by atoms with Gasteiger partial charge in [0, 0.05) is 4.47 Å². The van der Waals surface area contributed by atoms with Gasteiger partial charge in [-0.05, 0) is 36.6 Å². The van der Waals surface area contributed by atoms with E-state index in [1.165, 1.54) is 6.07 Å². The van der Waals surface area contributed by atoms with Crippen molar-refractivity contribution < 1.29 is 13.2 Å². The van der Waals surface area contributed by atoms with Crippen LogP contribution in [0, 0.1) is 6.92 Å². The van der Waals surface area contributed by atoms with Crippen LogP contribution in [0.5, 0.6) is 0 Å². The van der Waals surface area contributed by atoms with Gasteiger partial charge >= 0.3 is 6.18 Å². The molecule has 2 aromatic rings. The van der Waals surface area contributed by atoms with E-state index >= 15 is 0 Å². The van der Waals surface area contributed by atoms with Crippen LogP contribution in [0.1, 0.15) is 27.6 Å². The summed E-state index contributed by atoms with van der Waals surface area (Å²) in [6, 6.07) is 11.7. The Morgan fingerprint density at radius 2 is 1.86 bits per heavy atom. The Morgan fingerprint density at radius 1 is 1.14 bits per heavy atom. The highest BCUT2D eigenvalue weighted by molar-refractivity contribution is 9.10. The highest BCUT2D eigenvalue weighted by Gasteiger charge is 2.35. The number of alkyl halides is 4. The van der Waals surface area contributed by atoms with E-state index < -0.39 is 17.1 Å². The average Bonchev–Trinajstić information content (AvgIpc) is 2.37. The minimum atomic E-state index is -4.42. The highest BCUT2D eigenvalue weighted by Crippen LogP contribution is 2.39. The lowest BCUT2D eigenvalue weighted by Crippen LogP contribution is -2.11. The van der Waals surface area contributed by atoms with Gasteiger partial charge < -0.3 is 0 Å². The quantitative estimate of drug-likeness (QED) is 0.551. The highest BCUT2D eigenvalue weighted by atomic mass is 79.9. The molecule has 0 saturated heterocycles. The molecule has 0 heterocycles. The second kappa shape index (κ2) is 6.41. The molecule has 0 aliphatic heterocycles. The third-order valence-electron chi connectivity index (χ3n) is 3.16. The second-order valence-corrected chi connectivity index (χ2v) is 6.33. The van der Waals surface area contributed by atoms with Gasteiger partial charge in [-0.25, -0.2) is 0 Å². The number of hydrogen-bond acceptors (Lipinski definition) is 0. The third kappa shape index (κ3) is 4.24. The molecular formula is C16H13BrClF3. The Hall–Kier alpha value is -1.00. The first-order valence-electron chi connectivity index (χ1n) is 6.33. The van der Waals surface area contributed by atoms with Gasteiger partial charge in [-0.1, -0.05) is 51.8 Å². The molecule has 2 rings (SSSR count). The van der Waals surface area contributed by atoms with Gasteiger partial charge in [0.25, 0.3) is 0 Å². The van der Waals surface area contributed by atoms with Gasteiger partial charge in [-0.15, -0.1) is 11.6 Å². The van der Waals surface area contributed by atoms with Crippen LogP contribution in [0.15, 0.2) is 46.9 Å². The molecule has 0 radical (unpaired) electrons. The van der Waals surface area contributed by atoms with Gasteiger partial charge in [-0.2, -0.15) is 13.2 Å². The zero-order valence-electron chi connectivity index (χ0n) is 11.2. The summed E-state index contributed by atoms with van der Waals surface area (Å²) in [6.07, 6.45) is -4.06. The van der Waals surface area contributed by atoms with Crippen molar-refractivity contribution in [2.45, 2.75) is 24.9 Å². The van der Waals surface area contributed by atoms with Crippen molar-refractivity contribution in [3.8, 4) is 0 Å². The Kier molecular flexibility index (Phi) is 4.99. The average molecular weight is 378 g/mol. The summed E-state index contributed by atoms with van der Waals surface area (Å²) in [6.45, 7) is 1.94. The minimum absolute atomic E-state index is 0.105. The van der Waals surface area contributed by atoms with Crippen molar-refractivity contribution in [2.75, 3.05) is 0 Å². The largest absolute Gasteiger partial charge is 0.416 e. The lowest BCUT2D eigenvalue weighted by Gasteiger charge is -2.17. The molecule has 112 valence electrons. The maximum Gasteiger partial charge on any atom is 0.416 e. The van der Waals surface area contributed by atoms with Crippen LogP contribution in [0.25, 0.3) is 0 Å². The molecule has 0 fully saturated rings. The van der Waals surface area contributed by atoms with Crippen LogP contribution in [-0.2, 0) is 12.6 Å². The minimum Gasteiger partial charge on any atom is -0.166 e. The van der Waals surface area contributed by atoms with E-state index in [9.17, 15) is 13.2 Å². The number of halogens is 5. The first kappa shape index (κ1) is 16.4. The van der Waals surface area contributed by atoms with Crippen LogP contribution in [0.3, 0.4) is 0 Å². The fourth-order valence-electron chi connectivity index (χ4n) is 2.20. The van der Waals surface area contributed by atoms with Crippen LogP contribution < -0.4 is 0 Å². The normalized spacial score (nSPS) is 13.2. The Bertz CT molecular complexity index is 638. The summed E-state index contributed by atoms with van der Waals surface area (Å²) >= 11 is 9.31. The zero-order valence-corrected chi connectivity index (χ0v) is 13.6. The molecule has 21 heavy (non-hydrogen) atoms. The SMILES string of the molecule is Cc1cccc(CC(Cl)c2ccc(Br)cc2C(F)(F)F)c1. The predicted molar refractivity (Wildman–Crippen MR) is 82.6 cm³/mol. The number of benzene rings is 2. The van der Waals surface area contributed by atoms with Crippen molar-refractivity contribution in [3.05, 3.63) is 69.2 Å². The maximum atomic E-state index is 13.1. The molecule has 0 N–H and O–H groups in total. The summed E-state index contributed by atoms with van der Waals surface area (Å²) in [5, 5.41) is -0.725. The molecule has 0 spiro atoms. The molecule has 2 aromatic carbocycles. The van der Waals surface area contributed by atoms with E-state index in [0.29, 0.717) is 10.9 Å². The Morgan fingerprint density at radius 3 is 2.48 bits per heavy atom. The molecule has 1 unspecified atom stereocenters. The van der Waals surface area contributed by atoms with Crippen LogP contribution in [-0.4, -0.2) is 0 Å². The van der Waals surface area contributed by atoms with E-state index in [2.05, 4.69) is 15.9 Å². The van der Waals surface area contributed by atoms with E-state index in [0.717, 1.165) is 17.2 Å². The van der Waals surface area contributed by atoms with Crippen LogP contribution in [0.4, 0.5) is 13.2 Å². The lowest BCUT2D eigenvalue weighted by atomic mass is 9.98. The smallest absolute Gasteiger partial charge is 0.166 e. The molecular weight excluding hydrogens is 365 g/mol. The molecule has 0 bridgehead atoms. The molecule has 0 saturated carbocycles. The van der Waals surface area contributed by atoms with Crippen molar-refractivity contribution in [1.29, 1.82) is 0 Å². The van der Waals surface area contributed by atoms with Crippen molar-refractivity contribution in [2.24, 2.45) is 0 Å². The van der Waals surface area contributed by atoms with Crippen LogP contribution in [0.2, 0.25) is 0 Å². The van der Waals surface area contributed by atoms with Crippen molar-refractivity contribution in [1.82, 2.24) is 0 Å².